The van der Waals surface area contributed by atoms with E-state index in [0.29, 0.717) is 30.2 Å². The number of hydrogen-bond acceptors (Lipinski definition) is 5. The molecule has 0 spiro atoms. The molecule has 1 N–H and O–H groups in total. The van der Waals surface area contributed by atoms with Gasteiger partial charge in [-0.15, -0.1) is 0 Å². The van der Waals surface area contributed by atoms with Gasteiger partial charge in [0.05, 0.1) is 19.9 Å². The number of benzene rings is 2. The predicted molar refractivity (Wildman–Crippen MR) is 105 cm³/mol. The van der Waals surface area contributed by atoms with Crippen LogP contribution in [0.1, 0.15) is 12.0 Å². The molecule has 0 aromatic heterocycles. The molecule has 1 amide bonds. The Hall–Kier alpha value is -2.58. The fourth-order valence-electron chi connectivity index (χ4n) is 3.87. The summed E-state index contributed by atoms with van der Waals surface area (Å²) in [6, 6.07) is 14.4. The number of amides is 1. The molecule has 28 heavy (non-hydrogen) atoms. The van der Waals surface area contributed by atoms with Crippen LogP contribution in [0.25, 0.3) is 0 Å². The maximum absolute atomic E-state index is 13.2. The maximum Gasteiger partial charge on any atom is 0.247 e. The molecule has 2 aliphatic rings. The van der Waals surface area contributed by atoms with E-state index < -0.39 is 20.7 Å². The van der Waals surface area contributed by atoms with Gasteiger partial charge in [-0.3, -0.25) is 4.79 Å². The summed E-state index contributed by atoms with van der Waals surface area (Å²) in [5.74, 6) is 0.305. The molecule has 1 saturated carbocycles. The lowest BCUT2D eigenvalue weighted by Crippen LogP contribution is -2.42. The van der Waals surface area contributed by atoms with Gasteiger partial charge in [0.15, 0.2) is 4.75 Å². The zero-order valence-electron chi connectivity index (χ0n) is 15.7. The number of hydrogen-bond donors (Lipinski definition) is 1. The van der Waals surface area contributed by atoms with Crippen molar-refractivity contribution in [2.24, 2.45) is 5.92 Å². The van der Waals surface area contributed by atoms with E-state index in [9.17, 15) is 13.2 Å². The van der Waals surface area contributed by atoms with Gasteiger partial charge < -0.3 is 14.8 Å². The van der Waals surface area contributed by atoms with Crippen LogP contribution in [0.2, 0.25) is 0 Å². The lowest BCUT2D eigenvalue weighted by molar-refractivity contribution is -0.116. The number of fused-ring (bicyclic) bond motifs is 1. The van der Waals surface area contributed by atoms with Crippen LogP contribution in [0.15, 0.2) is 48.5 Å². The lowest BCUT2D eigenvalue weighted by atomic mass is 10.2. The third-order valence-electron chi connectivity index (χ3n) is 5.52. The summed E-state index contributed by atoms with van der Waals surface area (Å²) in [6.07, 6.45) is 0.352. The van der Waals surface area contributed by atoms with Crippen molar-refractivity contribution in [1.82, 2.24) is 4.31 Å². The van der Waals surface area contributed by atoms with E-state index in [-0.39, 0.29) is 12.5 Å². The van der Waals surface area contributed by atoms with Gasteiger partial charge in [0.2, 0.25) is 15.9 Å². The minimum absolute atomic E-state index is 0.189. The standard InChI is InChI=1S/C20H22N2O5S/c1-26-16-8-9-17(18(10-16)27-2)21-19(23)20-11-15(20)13-22(28(20,24)25)12-14-6-4-3-5-7-14/h3-10,15H,11-13H2,1-2H3,(H,21,23)/t15-,20+/m1/s1. The van der Waals surface area contributed by atoms with Gasteiger partial charge in [-0.2, -0.15) is 4.31 Å². The SMILES string of the molecule is COc1ccc(NC(=O)[C@]23C[C@@H]2CN(Cc2ccccc2)S3(=O)=O)c(OC)c1. The first-order chi connectivity index (χ1) is 13.4. The summed E-state index contributed by atoms with van der Waals surface area (Å²) in [5, 5.41) is 2.75. The van der Waals surface area contributed by atoms with E-state index in [4.69, 9.17) is 9.47 Å². The molecule has 1 aliphatic carbocycles. The quantitative estimate of drug-likeness (QED) is 0.801. The zero-order valence-corrected chi connectivity index (χ0v) is 16.5. The summed E-state index contributed by atoms with van der Waals surface area (Å²) >= 11 is 0. The number of rotatable bonds is 6. The van der Waals surface area contributed by atoms with E-state index >= 15 is 0 Å². The highest BCUT2D eigenvalue weighted by atomic mass is 32.2. The number of sulfonamides is 1. The lowest BCUT2D eigenvalue weighted by Gasteiger charge is -2.21. The smallest absolute Gasteiger partial charge is 0.247 e. The Labute approximate surface area is 164 Å². The molecular formula is C20H22N2O5S. The molecule has 2 atom stereocenters. The largest absolute Gasteiger partial charge is 0.497 e. The monoisotopic (exact) mass is 402 g/mol. The summed E-state index contributed by atoms with van der Waals surface area (Å²) in [5.41, 5.74) is 1.32. The first-order valence-corrected chi connectivity index (χ1v) is 10.4. The van der Waals surface area contributed by atoms with Gasteiger partial charge in [0.1, 0.15) is 11.5 Å². The Morgan fingerprint density at radius 3 is 2.61 bits per heavy atom. The van der Waals surface area contributed by atoms with Crippen LogP contribution in [0.5, 0.6) is 11.5 Å². The van der Waals surface area contributed by atoms with E-state index in [1.807, 2.05) is 30.3 Å². The van der Waals surface area contributed by atoms with Gasteiger partial charge in [0, 0.05) is 25.1 Å². The van der Waals surface area contributed by atoms with Crippen LogP contribution in [0.3, 0.4) is 0 Å². The van der Waals surface area contributed by atoms with Crippen LogP contribution >= 0.6 is 0 Å². The van der Waals surface area contributed by atoms with Crippen molar-refractivity contribution in [2.45, 2.75) is 17.7 Å². The predicted octanol–water partition coefficient (Wildman–Crippen LogP) is 2.25. The molecule has 1 aliphatic heterocycles. The molecule has 148 valence electrons. The Kier molecular flexibility index (Phi) is 4.55. The van der Waals surface area contributed by atoms with Crippen molar-refractivity contribution in [1.29, 1.82) is 0 Å². The van der Waals surface area contributed by atoms with E-state index in [1.54, 1.807) is 18.2 Å². The van der Waals surface area contributed by atoms with E-state index in [0.717, 1.165) is 5.56 Å². The van der Waals surface area contributed by atoms with Crippen LogP contribution in [-0.4, -0.2) is 44.1 Å². The zero-order chi connectivity index (χ0) is 19.9. The third-order valence-corrected chi connectivity index (χ3v) is 8.08. The Balaban J connectivity index is 1.56. The molecule has 0 unspecified atom stereocenters. The Bertz CT molecular complexity index is 1010. The average molecular weight is 402 g/mol. The topological polar surface area (TPSA) is 84.9 Å². The van der Waals surface area contributed by atoms with Crippen molar-refractivity contribution in [3.8, 4) is 11.5 Å². The minimum Gasteiger partial charge on any atom is -0.497 e. The van der Waals surface area contributed by atoms with Crippen LogP contribution in [0, 0.1) is 5.92 Å². The number of anilines is 1. The second-order valence-electron chi connectivity index (χ2n) is 7.09. The highest BCUT2D eigenvalue weighted by Gasteiger charge is 2.75. The molecule has 1 heterocycles. The summed E-state index contributed by atoms with van der Waals surface area (Å²) in [6.45, 7) is 0.644. The number of carbonyl (C=O) groups excluding carboxylic acids is 1. The first kappa shape index (κ1) is 18.8. The Morgan fingerprint density at radius 1 is 1.18 bits per heavy atom. The number of carbonyl (C=O) groups is 1. The highest BCUT2D eigenvalue weighted by molar-refractivity contribution is 7.92. The van der Waals surface area contributed by atoms with E-state index in [2.05, 4.69) is 5.32 Å². The van der Waals surface area contributed by atoms with Gasteiger partial charge in [-0.1, -0.05) is 30.3 Å². The molecule has 8 heteroatoms. The molecule has 0 bridgehead atoms. The number of methoxy groups -OCH3 is 2. The maximum atomic E-state index is 13.2. The summed E-state index contributed by atoms with van der Waals surface area (Å²) < 4.78 is 36.8. The van der Waals surface area contributed by atoms with Crippen LogP contribution in [-0.2, 0) is 21.4 Å². The third kappa shape index (κ3) is 2.84. The van der Waals surface area contributed by atoms with Crippen molar-refractivity contribution >= 4 is 21.6 Å². The summed E-state index contributed by atoms with van der Waals surface area (Å²) in [4.78, 5) is 13.0. The number of nitrogens with one attached hydrogen (secondary N) is 1. The number of ether oxygens (including phenoxy) is 2. The van der Waals surface area contributed by atoms with Crippen molar-refractivity contribution in [3.05, 3.63) is 54.1 Å². The molecule has 1 saturated heterocycles. The summed E-state index contributed by atoms with van der Waals surface area (Å²) in [7, 11) is -0.730. The highest BCUT2D eigenvalue weighted by Crippen LogP contribution is 2.58. The fourth-order valence-corrected chi connectivity index (χ4v) is 6.22. The van der Waals surface area contributed by atoms with Gasteiger partial charge >= 0.3 is 0 Å². The fraction of sp³-hybridized carbons (Fsp3) is 0.350. The molecule has 2 aromatic rings. The minimum atomic E-state index is -3.75. The van der Waals surface area contributed by atoms with Crippen LogP contribution in [0.4, 0.5) is 5.69 Å². The van der Waals surface area contributed by atoms with Crippen LogP contribution < -0.4 is 14.8 Å². The second-order valence-corrected chi connectivity index (χ2v) is 9.29. The molecular weight excluding hydrogens is 380 g/mol. The molecule has 2 fully saturated rings. The van der Waals surface area contributed by atoms with Crippen molar-refractivity contribution < 1.29 is 22.7 Å². The van der Waals surface area contributed by atoms with Crippen molar-refractivity contribution in [2.75, 3.05) is 26.1 Å². The average Bonchev–Trinajstić information content (AvgIpc) is 3.39. The van der Waals surface area contributed by atoms with Gasteiger partial charge in [-0.05, 0) is 24.1 Å². The number of nitrogens with zero attached hydrogens (tertiary/aromatic N) is 1. The van der Waals surface area contributed by atoms with E-state index in [1.165, 1.54) is 18.5 Å². The second kappa shape index (κ2) is 6.79. The first-order valence-electron chi connectivity index (χ1n) is 8.99. The van der Waals surface area contributed by atoms with Crippen molar-refractivity contribution in [3.63, 3.8) is 0 Å². The molecule has 0 radical (unpaired) electrons. The molecule has 4 rings (SSSR count). The molecule has 2 aromatic carbocycles. The van der Waals surface area contributed by atoms with Gasteiger partial charge in [-0.25, -0.2) is 8.42 Å². The Morgan fingerprint density at radius 2 is 1.93 bits per heavy atom. The van der Waals surface area contributed by atoms with Gasteiger partial charge in [0.25, 0.3) is 0 Å². The normalized spacial score (nSPS) is 25.0. The molecule has 7 nitrogen and oxygen atoms in total.